The number of phenols is 1. The Morgan fingerprint density at radius 1 is 0.759 bits per heavy atom. The summed E-state index contributed by atoms with van der Waals surface area (Å²) in [4.78, 5) is 0. The number of aryl methyl sites for hydroxylation is 1. The van der Waals surface area contributed by atoms with E-state index in [1.54, 1.807) is 6.07 Å². The number of rotatable bonds is 9. The quantitative estimate of drug-likeness (QED) is 0.418. The first kappa shape index (κ1) is 20.5. The van der Waals surface area contributed by atoms with Crippen LogP contribution in [0.4, 0.5) is 0 Å². The molecule has 0 spiro atoms. The van der Waals surface area contributed by atoms with Gasteiger partial charge in [0.2, 0.25) is 0 Å². The SMILES string of the molecule is C=CCc1ccc(O)c(-c2cc(CC=C)ccc2OCc2ccc(CC)cc2)c1. The maximum atomic E-state index is 10.5. The van der Waals surface area contributed by atoms with Gasteiger partial charge in [0.1, 0.15) is 18.1 Å². The van der Waals surface area contributed by atoms with Gasteiger partial charge in [0.25, 0.3) is 0 Å². The molecule has 2 nitrogen and oxygen atoms in total. The van der Waals surface area contributed by atoms with E-state index in [-0.39, 0.29) is 5.75 Å². The van der Waals surface area contributed by atoms with E-state index in [0.29, 0.717) is 6.61 Å². The molecule has 29 heavy (non-hydrogen) atoms. The fourth-order valence-electron chi connectivity index (χ4n) is 3.33. The highest BCUT2D eigenvalue weighted by atomic mass is 16.5. The minimum Gasteiger partial charge on any atom is -0.507 e. The van der Waals surface area contributed by atoms with E-state index in [2.05, 4.69) is 50.4 Å². The third-order valence-electron chi connectivity index (χ3n) is 4.98. The summed E-state index contributed by atoms with van der Waals surface area (Å²) >= 11 is 0. The van der Waals surface area contributed by atoms with Gasteiger partial charge in [-0.2, -0.15) is 0 Å². The van der Waals surface area contributed by atoms with Crippen molar-refractivity contribution in [2.24, 2.45) is 0 Å². The molecule has 3 rings (SSSR count). The van der Waals surface area contributed by atoms with Gasteiger partial charge in [-0.25, -0.2) is 0 Å². The highest BCUT2D eigenvalue weighted by Crippen LogP contribution is 2.38. The number of hydrogen-bond donors (Lipinski definition) is 1. The van der Waals surface area contributed by atoms with Crippen molar-refractivity contribution in [2.45, 2.75) is 32.8 Å². The van der Waals surface area contributed by atoms with Crippen molar-refractivity contribution < 1.29 is 9.84 Å². The van der Waals surface area contributed by atoms with E-state index in [4.69, 9.17) is 4.74 Å². The Balaban J connectivity index is 1.95. The summed E-state index contributed by atoms with van der Waals surface area (Å²) in [5.74, 6) is 0.995. The standard InChI is InChI=1S/C27H28O2/c1-4-7-21-13-15-26(28)24(17-21)25-18-22(8-5-2)14-16-27(25)29-19-23-11-9-20(6-3)10-12-23/h4-5,9-18,28H,1-2,6-8,19H2,3H3. The molecule has 0 aliphatic rings. The minimum absolute atomic E-state index is 0.241. The zero-order valence-electron chi connectivity index (χ0n) is 17.0. The van der Waals surface area contributed by atoms with Crippen LogP contribution in [-0.2, 0) is 25.9 Å². The number of aromatic hydroxyl groups is 1. The molecule has 0 aliphatic carbocycles. The van der Waals surface area contributed by atoms with Crippen LogP contribution in [0.15, 0.2) is 86.0 Å². The van der Waals surface area contributed by atoms with Crippen LogP contribution in [0.2, 0.25) is 0 Å². The van der Waals surface area contributed by atoms with Gasteiger partial charge in [0.05, 0.1) is 0 Å². The second-order valence-electron chi connectivity index (χ2n) is 7.13. The zero-order valence-corrected chi connectivity index (χ0v) is 17.0. The lowest BCUT2D eigenvalue weighted by molar-refractivity contribution is 0.307. The molecule has 0 bridgehead atoms. The summed E-state index contributed by atoms with van der Waals surface area (Å²) in [5, 5.41) is 10.5. The first-order valence-corrected chi connectivity index (χ1v) is 10.0. The van der Waals surface area contributed by atoms with Crippen molar-refractivity contribution in [2.75, 3.05) is 0 Å². The normalized spacial score (nSPS) is 10.5. The maximum absolute atomic E-state index is 10.5. The molecular weight excluding hydrogens is 356 g/mol. The second-order valence-corrected chi connectivity index (χ2v) is 7.13. The van der Waals surface area contributed by atoms with Gasteiger partial charge in [0, 0.05) is 11.1 Å². The lowest BCUT2D eigenvalue weighted by Gasteiger charge is -2.15. The molecule has 3 aromatic carbocycles. The van der Waals surface area contributed by atoms with Crippen molar-refractivity contribution >= 4 is 0 Å². The van der Waals surface area contributed by atoms with Crippen molar-refractivity contribution in [3.63, 3.8) is 0 Å². The molecule has 0 amide bonds. The lowest BCUT2D eigenvalue weighted by Crippen LogP contribution is -1.99. The van der Waals surface area contributed by atoms with Crippen LogP contribution in [0, 0.1) is 0 Å². The smallest absolute Gasteiger partial charge is 0.127 e. The van der Waals surface area contributed by atoms with E-state index in [1.165, 1.54) is 5.56 Å². The van der Waals surface area contributed by atoms with Gasteiger partial charge in [-0.1, -0.05) is 55.5 Å². The van der Waals surface area contributed by atoms with E-state index in [0.717, 1.165) is 52.8 Å². The molecule has 0 unspecified atom stereocenters. The van der Waals surface area contributed by atoms with Gasteiger partial charge in [-0.15, -0.1) is 13.2 Å². The number of allylic oxidation sites excluding steroid dienone is 2. The van der Waals surface area contributed by atoms with E-state index in [1.807, 2.05) is 36.4 Å². The Morgan fingerprint density at radius 2 is 1.31 bits per heavy atom. The number of benzene rings is 3. The summed E-state index contributed by atoms with van der Waals surface area (Å²) in [5.41, 5.74) is 6.32. The van der Waals surface area contributed by atoms with Crippen molar-refractivity contribution in [3.05, 3.63) is 108 Å². The highest BCUT2D eigenvalue weighted by molar-refractivity contribution is 5.77. The van der Waals surface area contributed by atoms with E-state index in [9.17, 15) is 5.11 Å². The zero-order chi connectivity index (χ0) is 20.6. The summed E-state index contributed by atoms with van der Waals surface area (Å²) < 4.78 is 6.18. The molecule has 2 heteroatoms. The molecule has 3 aromatic rings. The summed E-state index contributed by atoms with van der Waals surface area (Å²) in [6.45, 7) is 10.3. The predicted octanol–water partition coefficient (Wildman–Crippen LogP) is 6.66. The molecular formula is C27H28O2. The molecule has 0 saturated heterocycles. The number of ether oxygens (including phenoxy) is 1. The summed E-state index contributed by atoms with van der Waals surface area (Å²) in [6, 6.07) is 20.2. The topological polar surface area (TPSA) is 29.5 Å². The average Bonchev–Trinajstić information content (AvgIpc) is 2.75. The molecule has 0 heterocycles. The fraction of sp³-hybridized carbons (Fsp3) is 0.185. The average molecular weight is 385 g/mol. The number of phenolic OH excluding ortho intramolecular Hbond substituents is 1. The third kappa shape index (κ3) is 5.17. The summed E-state index contributed by atoms with van der Waals surface area (Å²) in [6.07, 6.45) is 6.28. The monoisotopic (exact) mass is 384 g/mol. The molecule has 0 saturated carbocycles. The van der Waals surface area contributed by atoms with Crippen molar-refractivity contribution in [1.82, 2.24) is 0 Å². The van der Waals surface area contributed by atoms with Gasteiger partial charge >= 0.3 is 0 Å². The van der Waals surface area contributed by atoms with Gasteiger partial charge in [0.15, 0.2) is 0 Å². The molecule has 0 aromatic heterocycles. The Labute approximate surface area is 173 Å². The van der Waals surface area contributed by atoms with E-state index >= 15 is 0 Å². The highest BCUT2D eigenvalue weighted by Gasteiger charge is 2.13. The molecule has 148 valence electrons. The van der Waals surface area contributed by atoms with Crippen LogP contribution < -0.4 is 4.74 Å². The Hall–Kier alpha value is -3.26. The Bertz CT molecular complexity index is 984. The molecule has 0 aliphatic heterocycles. The largest absolute Gasteiger partial charge is 0.507 e. The van der Waals surface area contributed by atoms with Gasteiger partial charge in [-0.05, 0) is 65.8 Å². The minimum atomic E-state index is 0.241. The van der Waals surface area contributed by atoms with Gasteiger partial charge < -0.3 is 9.84 Å². The maximum Gasteiger partial charge on any atom is 0.127 e. The molecule has 0 radical (unpaired) electrons. The lowest BCUT2D eigenvalue weighted by atomic mass is 9.97. The van der Waals surface area contributed by atoms with Crippen molar-refractivity contribution in [1.29, 1.82) is 0 Å². The van der Waals surface area contributed by atoms with Crippen LogP contribution in [0.5, 0.6) is 11.5 Å². The van der Waals surface area contributed by atoms with Gasteiger partial charge in [-0.3, -0.25) is 0 Å². The first-order chi connectivity index (χ1) is 14.1. The fourth-order valence-corrected chi connectivity index (χ4v) is 3.33. The third-order valence-corrected chi connectivity index (χ3v) is 4.98. The van der Waals surface area contributed by atoms with Crippen LogP contribution in [-0.4, -0.2) is 5.11 Å². The summed E-state index contributed by atoms with van der Waals surface area (Å²) in [7, 11) is 0. The second kappa shape index (κ2) is 9.79. The Kier molecular flexibility index (Phi) is 6.91. The predicted molar refractivity (Wildman–Crippen MR) is 121 cm³/mol. The number of hydrogen-bond acceptors (Lipinski definition) is 2. The van der Waals surface area contributed by atoms with Crippen molar-refractivity contribution in [3.8, 4) is 22.6 Å². The van der Waals surface area contributed by atoms with Crippen LogP contribution in [0.3, 0.4) is 0 Å². The first-order valence-electron chi connectivity index (χ1n) is 10.0. The van der Waals surface area contributed by atoms with Crippen LogP contribution >= 0.6 is 0 Å². The van der Waals surface area contributed by atoms with Crippen LogP contribution in [0.1, 0.15) is 29.2 Å². The molecule has 0 fully saturated rings. The Morgan fingerprint density at radius 3 is 1.93 bits per heavy atom. The van der Waals surface area contributed by atoms with E-state index < -0.39 is 0 Å². The molecule has 0 atom stereocenters. The van der Waals surface area contributed by atoms with Crippen LogP contribution in [0.25, 0.3) is 11.1 Å². The molecule has 1 N–H and O–H groups in total.